The molecule has 1 saturated carbocycles. The summed E-state index contributed by atoms with van der Waals surface area (Å²) in [6.07, 6.45) is 3.36. The van der Waals surface area contributed by atoms with E-state index in [1.807, 2.05) is 12.1 Å². The summed E-state index contributed by atoms with van der Waals surface area (Å²) in [4.78, 5) is 10.8. The summed E-state index contributed by atoms with van der Waals surface area (Å²) in [5, 5.41) is 9.38. The number of hydrogen-bond acceptors (Lipinski definition) is 2. The first-order valence-electron chi connectivity index (χ1n) is 6.24. The fourth-order valence-electron chi connectivity index (χ4n) is 2.30. The molecule has 2 rings (SSSR count). The Morgan fingerprint density at radius 1 is 1.28 bits per heavy atom. The zero-order chi connectivity index (χ0) is 13.0. The third kappa shape index (κ3) is 3.48. The van der Waals surface area contributed by atoms with Crippen LogP contribution in [-0.2, 0) is 10.5 Å². The maximum atomic E-state index is 13.4. The Bertz CT molecular complexity index is 414. The standard InChI is InChI=1S/C14H17FO2S/c15-13-4-2-1-3-11(13)9-18-12-7-5-10(6-8-12)14(16)17/h1-4,10,12H,5-9H2,(H,16,17). The van der Waals surface area contributed by atoms with Crippen molar-refractivity contribution in [3.63, 3.8) is 0 Å². The third-order valence-electron chi connectivity index (χ3n) is 3.46. The van der Waals surface area contributed by atoms with Crippen molar-refractivity contribution >= 4 is 17.7 Å². The number of carboxylic acids is 1. The van der Waals surface area contributed by atoms with Gasteiger partial charge in [-0.3, -0.25) is 4.79 Å². The van der Waals surface area contributed by atoms with Crippen molar-refractivity contribution in [1.82, 2.24) is 0 Å². The molecule has 4 heteroatoms. The number of rotatable bonds is 4. The number of carboxylic acid groups (broad SMARTS) is 1. The molecule has 0 spiro atoms. The highest BCUT2D eigenvalue weighted by molar-refractivity contribution is 7.99. The summed E-state index contributed by atoms with van der Waals surface area (Å²) < 4.78 is 13.4. The highest BCUT2D eigenvalue weighted by Crippen LogP contribution is 2.33. The predicted octanol–water partition coefficient (Wildman–Crippen LogP) is 3.70. The summed E-state index contributed by atoms with van der Waals surface area (Å²) in [7, 11) is 0. The van der Waals surface area contributed by atoms with E-state index in [2.05, 4.69) is 0 Å². The summed E-state index contributed by atoms with van der Waals surface area (Å²) in [5.74, 6) is -0.318. The largest absolute Gasteiger partial charge is 0.481 e. The number of carbonyl (C=O) groups is 1. The van der Waals surface area contributed by atoms with E-state index in [1.54, 1.807) is 17.8 Å². The molecule has 1 aromatic rings. The average Bonchev–Trinajstić information content (AvgIpc) is 2.38. The molecule has 0 unspecified atom stereocenters. The lowest BCUT2D eigenvalue weighted by Crippen LogP contribution is -2.22. The maximum Gasteiger partial charge on any atom is 0.306 e. The first-order valence-corrected chi connectivity index (χ1v) is 7.29. The van der Waals surface area contributed by atoms with Crippen molar-refractivity contribution in [2.45, 2.75) is 36.7 Å². The van der Waals surface area contributed by atoms with Crippen molar-refractivity contribution in [3.05, 3.63) is 35.6 Å². The van der Waals surface area contributed by atoms with Crippen molar-refractivity contribution in [2.24, 2.45) is 5.92 Å². The Labute approximate surface area is 111 Å². The number of hydrogen-bond donors (Lipinski definition) is 1. The average molecular weight is 268 g/mol. The molecule has 0 saturated heterocycles. The molecule has 0 aromatic heterocycles. The van der Waals surface area contributed by atoms with Gasteiger partial charge in [0, 0.05) is 11.0 Å². The predicted molar refractivity (Wildman–Crippen MR) is 71.1 cm³/mol. The Kier molecular flexibility index (Phi) is 4.64. The van der Waals surface area contributed by atoms with Crippen LogP contribution in [0.1, 0.15) is 31.2 Å². The SMILES string of the molecule is O=C(O)C1CCC(SCc2ccccc2F)CC1. The molecule has 1 aliphatic rings. The lowest BCUT2D eigenvalue weighted by atomic mass is 9.89. The molecule has 0 heterocycles. The fraction of sp³-hybridized carbons (Fsp3) is 0.500. The Balaban J connectivity index is 1.79. The van der Waals surface area contributed by atoms with Crippen molar-refractivity contribution in [2.75, 3.05) is 0 Å². The van der Waals surface area contributed by atoms with Crippen LogP contribution in [0.15, 0.2) is 24.3 Å². The van der Waals surface area contributed by atoms with E-state index in [0.717, 1.165) is 31.2 Å². The van der Waals surface area contributed by atoms with Gasteiger partial charge in [0.1, 0.15) is 5.82 Å². The van der Waals surface area contributed by atoms with E-state index in [9.17, 15) is 9.18 Å². The van der Waals surface area contributed by atoms with Gasteiger partial charge >= 0.3 is 5.97 Å². The van der Waals surface area contributed by atoms with Gasteiger partial charge < -0.3 is 5.11 Å². The smallest absolute Gasteiger partial charge is 0.306 e. The van der Waals surface area contributed by atoms with Crippen LogP contribution < -0.4 is 0 Å². The molecule has 1 N–H and O–H groups in total. The van der Waals surface area contributed by atoms with Crippen LogP contribution in [0.2, 0.25) is 0 Å². The molecule has 0 bridgehead atoms. The van der Waals surface area contributed by atoms with Crippen LogP contribution in [0.25, 0.3) is 0 Å². The van der Waals surface area contributed by atoms with Crippen LogP contribution in [0.5, 0.6) is 0 Å². The van der Waals surface area contributed by atoms with E-state index < -0.39 is 5.97 Å². The molecule has 1 aromatic carbocycles. The van der Waals surface area contributed by atoms with Gasteiger partial charge in [-0.2, -0.15) is 11.8 Å². The van der Waals surface area contributed by atoms with Gasteiger partial charge in [-0.15, -0.1) is 0 Å². The number of thioether (sulfide) groups is 1. The van der Waals surface area contributed by atoms with Crippen LogP contribution in [-0.4, -0.2) is 16.3 Å². The molecule has 1 aliphatic carbocycles. The molecular formula is C14H17FO2S. The van der Waals surface area contributed by atoms with E-state index in [-0.39, 0.29) is 11.7 Å². The van der Waals surface area contributed by atoms with Crippen LogP contribution in [0, 0.1) is 11.7 Å². The number of benzene rings is 1. The summed E-state index contributed by atoms with van der Waals surface area (Å²) >= 11 is 1.75. The molecule has 98 valence electrons. The topological polar surface area (TPSA) is 37.3 Å². The molecule has 18 heavy (non-hydrogen) atoms. The molecule has 2 nitrogen and oxygen atoms in total. The van der Waals surface area contributed by atoms with Crippen LogP contribution >= 0.6 is 11.8 Å². The lowest BCUT2D eigenvalue weighted by molar-refractivity contribution is -0.142. The second-order valence-electron chi connectivity index (χ2n) is 4.71. The fourth-order valence-corrected chi connectivity index (χ4v) is 3.55. The van der Waals surface area contributed by atoms with Gasteiger partial charge in [0.15, 0.2) is 0 Å². The van der Waals surface area contributed by atoms with E-state index in [1.165, 1.54) is 6.07 Å². The van der Waals surface area contributed by atoms with E-state index in [4.69, 9.17) is 5.11 Å². The monoisotopic (exact) mass is 268 g/mol. The van der Waals surface area contributed by atoms with Crippen molar-refractivity contribution in [3.8, 4) is 0 Å². The minimum atomic E-state index is -0.674. The van der Waals surface area contributed by atoms with Gasteiger partial charge in [-0.1, -0.05) is 18.2 Å². The van der Waals surface area contributed by atoms with Gasteiger partial charge in [0.2, 0.25) is 0 Å². The first kappa shape index (κ1) is 13.4. The minimum Gasteiger partial charge on any atom is -0.481 e. The Hall–Kier alpha value is -1.03. The summed E-state index contributed by atoms with van der Waals surface area (Å²) in [6.45, 7) is 0. The molecular weight excluding hydrogens is 251 g/mol. The van der Waals surface area contributed by atoms with Gasteiger partial charge in [0.05, 0.1) is 5.92 Å². The van der Waals surface area contributed by atoms with Crippen molar-refractivity contribution < 1.29 is 14.3 Å². The highest BCUT2D eigenvalue weighted by Gasteiger charge is 2.26. The van der Waals surface area contributed by atoms with Gasteiger partial charge in [-0.25, -0.2) is 4.39 Å². The Morgan fingerprint density at radius 2 is 1.94 bits per heavy atom. The third-order valence-corrected chi connectivity index (χ3v) is 4.88. The van der Waals surface area contributed by atoms with Gasteiger partial charge in [-0.05, 0) is 37.3 Å². The Morgan fingerprint density at radius 3 is 2.56 bits per heavy atom. The zero-order valence-corrected chi connectivity index (χ0v) is 11.0. The van der Waals surface area contributed by atoms with Gasteiger partial charge in [0.25, 0.3) is 0 Å². The highest BCUT2D eigenvalue weighted by atomic mass is 32.2. The maximum absolute atomic E-state index is 13.4. The zero-order valence-electron chi connectivity index (χ0n) is 10.1. The van der Waals surface area contributed by atoms with E-state index in [0.29, 0.717) is 11.0 Å². The van der Waals surface area contributed by atoms with E-state index >= 15 is 0 Å². The molecule has 0 atom stereocenters. The first-order chi connectivity index (χ1) is 8.66. The summed E-state index contributed by atoms with van der Waals surface area (Å²) in [6, 6.07) is 6.84. The lowest BCUT2D eigenvalue weighted by Gasteiger charge is -2.25. The summed E-state index contributed by atoms with van der Waals surface area (Å²) in [5.41, 5.74) is 0.739. The molecule has 0 aliphatic heterocycles. The molecule has 0 radical (unpaired) electrons. The number of aliphatic carboxylic acids is 1. The molecule has 0 amide bonds. The minimum absolute atomic E-state index is 0.149. The molecule has 1 fully saturated rings. The second-order valence-corrected chi connectivity index (χ2v) is 6.00. The van der Waals surface area contributed by atoms with Crippen LogP contribution in [0.3, 0.4) is 0 Å². The van der Waals surface area contributed by atoms with Crippen LogP contribution in [0.4, 0.5) is 4.39 Å². The normalized spacial score (nSPS) is 23.8. The van der Waals surface area contributed by atoms with Crippen molar-refractivity contribution in [1.29, 1.82) is 0 Å². The second kappa shape index (κ2) is 6.23. The number of halogens is 1. The quantitative estimate of drug-likeness (QED) is 0.904.